The fourth-order valence-electron chi connectivity index (χ4n) is 3.55. The highest BCUT2D eigenvalue weighted by atomic mass is 35.5. The normalized spacial score (nSPS) is 23.2. The molecule has 0 radical (unpaired) electrons. The van der Waals surface area contributed by atoms with Crippen LogP contribution in [-0.4, -0.2) is 56.9 Å². The van der Waals surface area contributed by atoms with Crippen molar-refractivity contribution in [2.45, 2.75) is 52.7 Å². The summed E-state index contributed by atoms with van der Waals surface area (Å²) in [5.74, 6) is -3.52. The number of ketones is 2. The standard InChI is InChI=1S/C24H28ClNO7/c1-6-13(2)9-14(3)7-8-16-10-17-18(11-26(16)19(12-27)23(31)32)21(29)24(5,33-15(4)28)22(30)20(17)25/h7-11,13,19,27H,6,12H2,1-5H3,(H,31,32)/b8-7+,14-9+/t13-,19-,24+/m0/s1. The molecule has 0 unspecified atom stereocenters. The van der Waals surface area contributed by atoms with Gasteiger partial charge < -0.3 is 19.8 Å². The Balaban J connectivity index is 2.67. The van der Waals surface area contributed by atoms with E-state index in [1.807, 2.05) is 6.92 Å². The van der Waals surface area contributed by atoms with E-state index in [1.165, 1.54) is 17.2 Å². The maximum atomic E-state index is 13.2. The van der Waals surface area contributed by atoms with Crippen molar-refractivity contribution >= 4 is 35.1 Å². The SMILES string of the molecule is CC[C@H](C)/C=C(C)/C=C/C1=CC2=C(Cl)C(=O)[C@](C)(OC(C)=O)C(=O)C2=CN1[C@@H](CO)C(=O)O. The molecule has 0 amide bonds. The van der Waals surface area contributed by atoms with E-state index in [0.717, 1.165) is 25.8 Å². The third-order valence-electron chi connectivity index (χ3n) is 5.55. The molecule has 1 aliphatic heterocycles. The fraction of sp³-hybridized carbons (Fsp3) is 0.417. The summed E-state index contributed by atoms with van der Waals surface area (Å²) in [5, 5.41) is 19.0. The van der Waals surface area contributed by atoms with Gasteiger partial charge in [-0.15, -0.1) is 0 Å². The maximum Gasteiger partial charge on any atom is 0.329 e. The minimum Gasteiger partial charge on any atom is -0.480 e. The number of esters is 1. The monoisotopic (exact) mass is 477 g/mol. The number of carboxylic acid groups (broad SMARTS) is 1. The van der Waals surface area contributed by atoms with Crippen molar-refractivity contribution in [1.29, 1.82) is 0 Å². The van der Waals surface area contributed by atoms with Crippen LogP contribution in [0.25, 0.3) is 0 Å². The number of carboxylic acids is 1. The van der Waals surface area contributed by atoms with E-state index < -0.39 is 41.8 Å². The lowest BCUT2D eigenvalue weighted by atomic mass is 9.79. The summed E-state index contributed by atoms with van der Waals surface area (Å²) >= 11 is 6.29. The van der Waals surface area contributed by atoms with E-state index in [0.29, 0.717) is 11.6 Å². The Morgan fingerprint density at radius 1 is 1.27 bits per heavy atom. The average molecular weight is 478 g/mol. The molecular weight excluding hydrogens is 450 g/mol. The Hall–Kier alpha value is -2.97. The Morgan fingerprint density at radius 2 is 1.91 bits per heavy atom. The van der Waals surface area contributed by atoms with Gasteiger partial charge in [-0.25, -0.2) is 4.79 Å². The van der Waals surface area contributed by atoms with Crippen LogP contribution in [0.15, 0.2) is 58.0 Å². The highest BCUT2D eigenvalue weighted by Crippen LogP contribution is 2.40. The van der Waals surface area contributed by atoms with E-state index in [-0.39, 0.29) is 16.2 Å². The predicted molar refractivity (Wildman–Crippen MR) is 122 cm³/mol. The molecule has 0 fully saturated rings. The summed E-state index contributed by atoms with van der Waals surface area (Å²) < 4.78 is 5.02. The number of rotatable bonds is 8. The number of hydrogen-bond donors (Lipinski definition) is 2. The first kappa shape index (κ1) is 26.3. The zero-order valence-electron chi connectivity index (χ0n) is 19.2. The number of fused-ring (bicyclic) bond motifs is 1. The zero-order chi connectivity index (χ0) is 25.1. The molecule has 178 valence electrons. The highest BCUT2D eigenvalue weighted by molar-refractivity contribution is 6.49. The van der Waals surface area contributed by atoms with Crippen molar-refractivity contribution in [3.05, 3.63) is 58.0 Å². The number of carbonyl (C=O) groups excluding carboxylic acids is 3. The number of Topliss-reactive ketones (excluding diaryl/α,β-unsaturated/α-hetero) is 2. The summed E-state index contributed by atoms with van der Waals surface area (Å²) in [4.78, 5) is 50.6. The van der Waals surface area contributed by atoms with Crippen LogP contribution in [0.1, 0.15) is 41.0 Å². The van der Waals surface area contributed by atoms with Gasteiger partial charge >= 0.3 is 11.9 Å². The number of aliphatic hydroxyl groups excluding tert-OH is 1. The molecule has 2 rings (SSSR count). The number of ether oxygens (including phenoxy) is 1. The number of nitrogens with zero attached hydrogens (tertiary/aromatic N) is 1. The quantitative estimate of drug-likeness (QED) is 0.311. The number of halogens is 1. The molecule has 8 nitrogen and oxygen atoms in total. The summed E-state index contributed by atoms with van der Waals surface area (Å²) in [7, 11) is 0. The van der Waals surface area contributed by atoms with Crippen molar-refractivity contribution in [3.8, 4) is 0 Å². The lowest BCUT2D eigenvalue weighted by Crippen LogP contribution is -2.52. The largest absolute Gasteiger partial charge is 0.480 e. The van der Waals surface area contributed by atoms with Crippen LogP contribution in [0.3, 0.4) is 0 Å². The molecule has 3 atom stereocenters. The van der Waals surface area contributed by atoms with Gasteiger partial charge in [0.25, 0.3) is 0 Å². The van der Waals surface area contributed by atoms with Gasteiger partial charge in [0.15, 0.2) is 6.04 Å². The Bertz CT molecular complexity index is 1030. The van der Waals surface area contributed by atoms with Crippen LogP contribution >= 0.6 is 11.6 Å². The van der Waals surface area contributed by atoms with E-state index in [9.17, 15) is 29.4 Å². The highest BCUT2D eigenvalue weighted by Gasteiger charge is 2.52. The van der Waals surface area contributed by atoms with Crippen LogP contribution in [0.5, 0.6) is 0 Å². The van der Waals surface area contributed by atoms with Gasteiger partial charge in [-0.2, -0.15) is 0 Å². The number of hydrogen-bond acceptors (Lipinski definition) is 7. The average Bonchev–Trinajstić information content (AvgIpc) is 2.74. The Labute approximate surface area is 197 Å². The minimum absolute atomic E-state index is 0.0907. The summed E-state index contributed by atoms with van der Waals surface area (Å²) in [6.45, 7) is 7.48. The van der Waals surface area contributed by atoms with Gasteiger partial charge in [-0.3, -0.25) is 14.4 Å². The van der Waals surface area contributed by atoms with Crippen molar-refractivity contribution in [2.24, 2.45) is 5.92 Å². The van der Waals surface area contributed by atoms with Crippen LogP contribution in [0.4, 0.5) is 0 Å². The molecule has 0 aromatic heterocycles. The second-order valence-electron chi connectivity index (χ2n) is 8.20. The maximum absolute atomic E-state index is 13.2. The number of aliphatic carboxylic acids is 1. The molecule has 0 bridgehead atoms. The fourth-order valence-corrected chi connectivity index (χ4v) is 3.88. The zero-order valence-corrected chi connectivity index (χ0v) is 20.0. The third kappa shape index (κ3) is 5.34. The number of carbonyl (C=O) groups is 4. The number of allylic oxidation sites excluding steroid dienone is 6. The molecule has 0 saturated heterocycles. The van der Waals surface area contributed by atoms with Gasteiger partial charge in [0.2, 0.25) is 17.2 Å². The van der Waals surface area contributed by atoms with Crippen molar-refractivity contribution in [2.75, 3.05) is 6.61 Å². The van der Waals surface area contributed by atoms with Crippen LogP contribution in [0, 0.1) is 5.92 Å². The minimum atomic E-state index is -2.17. The molecule has 2 N–H and O–H groups in total. The van der Waals surface area contributed by atoms with Crippen LogP contribution < -0.4 is 0 Å². The first-order valence-corrected chi connectivity index (χ1v) is 10.9. The smallest absolute Gasteiger partial charge is 0.329 e. The number of aliphatic hydroxyl groups is 1. The molecule has 9 heteroatoms. The second-order valence-corrected chi connectivity index (χ2v) is 8.58. The van der Waals surface area contributed by atoms with E-state index in [4.69, 9.17) is 16.3 Å². The molecule has 0 spiro atoms. The first-order chi connectivity index (χ1) is 15.4. The molecule has 33 heavy (non-hydrogen) atoms. The van der Waals surface area contributed by atoms with E-state index in [2.05, 4.69) is 19.9 Å². The third-order valence-corrected chi connectivity index (χ3v) is 5.92. The molecule has 0 aromatic rings. The van der Waals surface area contributed by atoms with Gasteiger partial charge in [0, 0.05) is 30.0 Å². The summed E-state index contributed by atoms with van der Waals surface area (Å²) in [6, 6.07) is -1.40. The topological polar surface area (TPSA) is 121 Å². The second kappa shape index (κ2) is 10.3. The predicted octanol–water partition coefficient (Wildman–Crippen LogP) is 3.03. The molecular formula is C24H28ClNO7. The molecule has 2 aliphatic rings. The lowest BCUT2D eigenvalue weighted by molar-refractivity contribution is -0.167. The molecule has 0 aromatic carbocycles. The van der Waals surface area contributed by atoms with Gasteiger partial charge in [0.05, 0.1) is 11.6 Å². The van der Waals surface area contributed by atoms with Crippen LogP contribution in [-0.2, 0) is 23.9 Å². The van der Waals surface area contributed by atoms with Gasteiger partial charge in [-0.1, -0.05) is 49.6 Å². The van der Waals surface area contributed by atoms with E-state index >= 15 is 0 Å². The summed E-state index contributed by atoms with van der Waals surface area (Å²) in [6.07, 6.45) is 9.03. The molecule has 1 aliphatic carbocycles. The first-order valence-electron chi connectivity index (χ1n) is 10.5. The molecule has 1 heterocycles. The summed E-state index contributed by atoms with van der Waals surface area (Å²) in [5.41, 5.74) is -0.931. The van der Waals surface area contributed by atoms with Crippen molar-refractivity contribution in [3.63, 3.8) is 0 Å². The van der Waals surface area contributed by atoms with Crippen molar-refractivity contribution in [1.82, 2.24) is 4.90 Å². The van der Waals surface area contributed by atoms with Crippen LogP contribution in [0.2, 0.25) is 0 Å². The Morgan fingerprint density at radius 3 is 2.42 bits per heavy atom. The van der Waals surface area contributed by atoms with Gasteiger partial charge in [-0.05, 0) is 31.9 Å². The van der Waals surface area contributed by atoms with Crippen molar-refractivity contribution < 1.29 is 34.1 Å². The Kier molecular flexibility index (Phi) is 8.21. The lowest BCUT2D eigenvalue weighted by Gasteiger charge is -2.37. The van der Waals surface area contributed by atoms with E-state index in [1.54, 1.807) is 12.2 Å². The van der Waals surface area contributed by atoms with Gasteiger partial charge in [0.1, 0.15) is 0 Å². The molecule has 0 saturated carbocycles.